The molecule has 0 heterocycles. The van der Waals surface area contributed by atoms with Crippen LogP contribution in [0.4, 0.5) is 0 Å². The van der Waals surface area contributed by atoms with Crippen molar-refractivity contribution in [3.8, 4) is 12.1 Å². The second-order valence-electron chi connectivity index (χ2n) is 0.447. The van der Waals surface area contributed by atoms with E-state index in [4.69, 9.17) is 5.26 Å². The molecule has 0 atom stereocenters. The Morgan fingerprint density at radius 3 is 2.40 bits per heavy atom. The van der Waals surface area contributed by atoms with Crippen molar-refractivity contribution in [3.05, 3.63) is 4.85 Å². The van der Waals surface area contributed by atoms with Gasteiger partial charge in [-0.2, -0.15) is 5.26 Å². The predicted molar refractivity (Wildman–Crippen MR) is 18.8 cm³/mol. The van der Waals surface area contributed by atoms with Crippen LogP contribution in [0.1, 0.15) is 0 Å². The highest BCUT2D eigenvalue weighted by Gasteiger charge is 1.60. The zero-order chi connectivity index (χ0) is 4.12. The summed E-state index contributed by atoms with van der Waals surface area (Å²) in [7, 11) is 1.50. The summed E-state index contributed by atoms with van der Waals surface area (Å²) in [5.41, 5.74) is 0. The number of hydrogen-bond donors (Lipinski definition) is 0. The molecule has 0 N–H and O–H groups in total. The van der Waals surface area contributed by atoms with Gasteiger partial charge in [-0.1, -0.05) is 4.85 Å². The van der Waals surface area contributed by atoms with E-state index >= 15 is 0 Å². The van der Waals surface area contributed by atoms with Gasteiger partial charge in [0.15, 0.2) is 0 Å². The van der Waals surface area contributed by atoms with Crippen molar-refractivity contribution < 1.29 is 0 Å². The third-order valence-electron chi connectivity index (χ3n) is 0.162. The van der Waals surface area contributed by atoms with Gasteiger partial charge < -0.3 is 0 Å². The fraction of sp³-hybridized carbons (Fsp3) is 0.333. The number of nitrogens with zero attached hydrogens (tertiary/aromatic N) is 2. The molecule has 0 saturated carbocycles. The topological polar surface area (TPSA) is 28.1 Å². The maximum atomic E-state index is 7.61. The molecule has 0 amide bonds. The molecule has 0 aliphatic carbocycles. The summed E-state index contributed by atoms with van der Waals surface area (Å²) in [5, 5.41) is 7.61. The first-order valence-electron chi connectivity index (χ1n) is 1.14. The molecule has 0 radical (unpaired) electrons. The van der Waals surface area contributed by atoms with E-state index in [0.717, 1.165) is 0 Å². The Kier molecular flexibility index (Phi) is 2.37. The molecule has 0 aliphatic rings. The molecule has 0 aromatic heterocycles. The first kappa shape index (κ1) is 3.98. The molecule has 0 fully saturated rings. The average Bonchev–Trinajstić information content (AvgIpc) is 1.41. The Morgan fingerprint density at radius 1 is 1.80 bits per heavy atom. The Bertz CT molecular complexity index is 98.3. The van der Waals surface area contributed by atoms with E-state index in [0.29, 0.717) is 0 Å². The quantitative estimate of drug-likeness (QED) is 0.405. The molecule has 2 nitrogen and oxygen atoms in total. The van der Waals surface area contributed by atoms with Gasteiger partial charge in [-0.15, -0.1) is 0 Å². The largest absolute Gasteiger partial charge is 0.393 e. The molecule has 2 heteroatoms. The van der Waals surface area contributed by atoms with Gasteiger partial charge in [0.05, 0.1) is 0 Å². The average molecular weight is 67.1 g/mol. The molecule has 0 aromatic rings. The van der Waals surface area contributed by atoms with Gasteiger partial charge in [-0.3, -0.25) is 0 Å². The van der Waals surface area contributed by atoms with Crippen molar-refractivity contribution in [1.82, 2.24) is 0 Å². The number of nitriles is 1. The highest BCUT2D eigenvalue weighted by Crippen LogP contribution is 1.44. The molecule has 24 valence electrons. The van der Waals surface area contributed by atoms with Gasteiger partial charge in [0.1, 0.15) is 0 Å². The van der Waals surface area contributed by atoms with Gasteiger partial charge in [0.2, 0.25) is 6.07 Å². The van der Waals surface area contributed by atoms with Crippen molar-refractivity contribution in [2.24, 2.45) is 0 Å². The summed E-state index contributed by atoms with van der Waals surface area (Å²) in [5.74, 6) is 0. The first-order chi connectivity index (χ1) is 2.41. The van der Waals surface area contributed by atoms with Crippen LogP contribution in [0.5, 0.6) is 0 Å². The highest BCUT2D eigenvalue weighted by molar-refractivity contribution is 5.07. The Labute approximate surface area is 30.5 Å². The third-order valence-corrected chi connectivity index (χ3v) is 0.162. The van der Waals surface area contributed by atoms with Gasteiger partial charge >= 0.3 is 6.07 Å². The van der Waals surface area contributed by atoms with Crippen molar-refractivity contribution in [2.45, 2.75) is 0 Å². The van der Waals surface area contributed by atoms with Crippen LogP contribution in [-0.2, 0) is 0 Å². The SMILES string of the molecule is C[N+]#CC#N. The standard InChI is InChI=1S/C3H3N2/c1-5-3-2-4/h1H3/q+1. The summed E-state index contributed by atoms with van der Waals surface area (Å²) in [4.78, 5) is 3.24. The molecule has 0 bridgehead atoms. The van der Waals surface area contributed by atoms with Crippen molar-refractivity contribution in [1.29, 1.82) is 5.26 Å². The lowest BCUT2D eigenvalue weighted by Crippen LogP contribution is -1.34. The van der Waals surface area contributed by atoms with E-state index in [1.807, 2.05) is 6.07 Å². The summed E-state index contributed by atoms with van der Waals surface area (Å²) >= 11 is 0. The van der Waals surface area contributed by atoms with Crippen LogP contribution in [0, 0.1) is 17.4 Å². The van der Waals surface area contributed by atoms with Crippen molar-refractivity contribution in [3.63, 3.8) is 0 Å². The van der Waals surface area contributed by atoms with E-state index in [9.17, 15) is 0 Å². The Hall–Kier alpha value is -1.02. The van der Waals surface area contributed by atoms with Crippen LogP contribution in [0.25, 0.3) is 4.85 Å². The summed E-state index contributed by atoms with van der Waals surface area (Å²) < 4.78 is 0. The van der Waals surface area contributed by atoms with Gasteiger partial charge in [0.25, 0.3) is 7.05 Å². The lowest BCUT2D eigenvalue weighted by molar-refractivity contribution is 1.54. The minimum atomic E-state index is 1.50. The molecular weight excluding hydrogens is 64.0 g/mol. The van der Waals surface area contributed by atoms with Crippen LogP contribution >= 0.6 is 0 Å². The zero-order valence-corrected chi connectivity index (χ0v) is 2.89. The Balaban J connectivity index is 3.30. The predicted octanol–water partition coefficient (Wildman–Crippen LogP) is 0.473. The van der Waals surface area contributed by atoms with Crippen LogP contribution < -0.4 is 0 Å². The normalized spacial score (nSPS) is 3.20. The van der Waals surface area contributed by atoms with Crippen LogP contribution in [0.15, 0.2) is 0 Å². The molecule has 5 heavy (non-hydrogen) atoms. The first-order valence-corrected chi connectivity index (χ1v) is 1.14. The smallest absolute Gasteiger partial charge is 0.176 e. The maximum Gasteiger partial charge on any atom is 0.393 e. The minimum absolute atomic E-state index is 1.50. The van der Waals surface area contributed by atoms with E-state index in [1.54, 1.807) is 6.07 Å². The minimum Gasteiger partial charge on any atom is -0.176 e. The van der Waals surface area contributed by atoms with E-state index < -0.39 is 0 Å². The van der Waals surface area contributed by atoms with E-state index in [2.05, 4.69) is 4.85 Å². The molecular formula is C3H3N2+. The van der Waals surface area contributed by atoms with Crippen molar-refractivity contribution in [2.75, 3.05) is 7.05 Å². The second kappa shape index (κ2) is 2.98. The fourth-order valence-corrected chi connectivity index (χ4v) is 0.0500. The monoisotopic (exact) mass is 67.0 g/mol. The molecule has 0 unspecified atom stereocenters. The Morgan fingerprint density at radius 2 is 2.40 bits per heavy atom. The molecule has 0 rings (SSSR count). The fourth-order valence-electron chi connectivity index (χ4n) is 0.0500. The zero-order valence-electron chi connectivity index (χ0n) is 2.89. The molecule has 0 spiro atoms. The van der Waals surface area contributed by atoms with Crippen LogP contribution in [-0.4, -0.2) is 7.05 Å². The molecule has 0 saturated heterocycles. The number of hydrogen-bond acceptors (Lipinski definition) is 1. The second-order valence-corrected chi connectivity index (χ2v) is 0.447. The lowest BCUT2D eigenvalue weighted by atomic mass is 10.9. The van der Waals surface area contributed by atoms with Gasteiger partial charge in [-0.25, -0.2) is 0 Å². The van der Waals surface area contributed by atoms with E-state index in [1.165, 1.54) is 7.05 Å². The maximum absolute atomic E-state index is 7.61. The lowest BCUT2D eigenvalue weighted by Gasteiger charge is -1.21. The van der Waals surface area contributed by atoms with Gasteiger partial charge in [0, 0.05) is 0 Å². The molecule has 0 aliphatic heterocycles. The van der Waals surface area contributed by atoms with Crippen molar-refractivity contribution >= 4 is 0 Å². The third kappa shape index (κ3) is 2.98. The molecule has 0 aromatic carbocycles. The summed E-state index contributed by atoms with van der Waals surface area (Å²) in [6.45, 7) is 0. The van der Waals surface area contributed by atoms with Crippen LogP contribution in [0.2, 0.25) is 0 Å². The number of rotatable bonds is 0. The summed E-state index contributed by atoms with van der Waals surface area (Å²) in [6.07, 6.45) is 0. The van der Waals surface area contributed by atoms with E-state index in [-0.39, 0.29) is 0 Å². The van der Waals surface area contributed by atoms with Crippen LogP contribution in [0.3, 0.4) is 0 Å². The summed E-state index contributed by atoms with van der Waals surface area (Å²) in [6, 6.07) is 3.64. The van der Waals surface area contributed by atoms with Gasteiger partial charge in [-0.05, 0) is 0 Å². The highest BCUT2D eigenvalue weighted by atomic mass is 14.6.